The summed E-state index contributed by atoms with van der Waals surface area (Å²) < 4.78 is 46.9. The van der Waals surface area contributed by atoms with Gasteiger partial charge in [-0.05, 0) is 19.4 Å². The largest absolute Gasteiger partial charge is 0.315 e. The van der Waals surface area contributed by atoms with Crippen LogP contribution in [0, 0.1) is 0 Å². The summed E-state index contributed by atoms with van der Waals surface area (Å²) in [5.41, 5.74) is 0. The van der Waals surface area contributed by atoms with Crippen LogP contribution in [0.15, 0.2) is 0 Å². The summed E-state index contributed by atoms with van der Waals surface area (Å²) in [6.45, 7) is 1.06. The first-order valence-corrected chi connectivity index (χ1v) is 8.27. The summed E-state index contributed by atoms with van der Waals surface area (Å²) in [5, 5.41) is 7.27. The van der Waals surface area contributed by atoms with Crippen LogP contribution in [-0.2, 0) is 20.0 Å². The zero-order valence-corrected chi connectivity index (χ0v) is 10.5. The molecule has 1 saturated heterocycles. The van der Waals surface area contributed by atoms with Gasteiger partial charge in [0.05, 0.1) is 11.0 Å². The number of piperidine rings is 1. The van der Waals surface area contributed by atoms with Crippen molar-refractivity contribution < 1.29 is 16.8 Å². The van der Waals surface area contributed by atoms with E-state index in [2.05, 4.69) is 10.0 Å². The van der Waals surface area contributed by atoms with E-state index in [1.165, 1.54) is 0 Å². The normalized spacial score (nSPS) is 23.2. The highest BCUT2D eigenvalue weighted by atomic mass is 32.2. The fourth-order valence-electron chi connectivity index (χ4n) is 1.53. The molecule has 1 aliphatic rings. The Kier molecular flexibility index (Phi) is 4.68. The van der Waals surface area contributed by atoms with Crippen molar-refractivity contribution in [3.63, 3.8) is 0 Å². The zero-order chi connectivity index (χ0) is 12.2. The third-order valence-electron chi connectivity index (χ3n) is 2.38. The van der Waals surface area contributed by atoms with E-state index in [4.69, 9.17) is 5.14 Å². The lowest BCUT2D eigenvalue weighted by atomic mass is 10.2. The first kappa shape index (κ1) is 13.8. The van der Waals surface area contributed by atoms with Gasteiger partial charge in [0.1, 0.15) is 0 Å². The monoisotopic (exact) mass is 271 g/mol. The minimum atomic E-state index is -3.62. The van der Waals surface area contributed by atoms with E-state index in [9.17, 15) is 16.8 Å². The summed E-state index contributed by atoms with van der Waals surface area (Å²) in [7, 11) is -7.06. The van der Waals surface area contributed by atoms with E-state index >= 15 is 0 Å². The second kappa shape index (κ2) is 5.41. The Hall–Kier alpha value is -0.220. The molecule has 96 valence electrons. The van der Waals surface area contributed by atoms with Crippen LogP contribution in [-0.4, -0.2) is 47.5 Å². The summed E-state index contributed by atoms with van der Waals surface area (Å²) in [6, 6.07) is 0. The SMILES string of the molecule is NS(=O)(=O)CCNS(=O)(=O)C1CCCNC1. The molecule has 7 nitrogen and oxygen atoms in total. The Morgan fingerprint density at radius 2 is 2.00 bits per heavy atom. The van der Waals surface area contributed by atoms with E-state index in [1.807, 2.05) is 0 Å². The molecule has 0 aromatic carbocycles. The van der Waals surface area contributed by atoms with Gasteiger partial charge >= 0.3 is 0 Å². The Balaban J connectivity index is 2.45. The average molecular weight is 271 g/mol. The second-order valence-electron chi connectivity index (χ2n) is 3.77. The van der Waals surface area contributed by atoms with Gasteiger partial charge in [-0.2, -0.15) is 0 Å². The number of hydrogen-bond acceptors (Lipinski definition) is 5. The van der Waals surface area contributed by atoms with Gasteiger partial charge in [0.25, 0.3) is 0 Å². The predicted molar refractivity (Wildman–Crippen MR) is 60.8 cm³/mol. The molecule has 1 heterocycles. The molecule has 16 heavy (non-hydrogen) atoms. The lowest BCUT2D eigenvalue weighted by Crippen LogP contribution is -2.45. The van der Waals surface area contributed by atoms with Gasteiger partial charge in [-0.3, -0.25) is 0 Å². The van der Waals surface area contributed by atoms with Crippen molar-refractivity contribution in [1.82, 2.24) is 10.0 Å². The number of hydrogen-bond donors (Lipinski definition) is 3. The van der Waals surface area contributed by atoms with Gasteiger partial charge in [-0.25, -0.2) is 26.7 Å². The molecule has 0 radical (unpaired) electrons. The molecule has 0 amide bonds. The first-order valence-electron chi connectivity index (χ1n) is 5.01. The van der Waals surface area contributed by atoms with Crippen molar-refractivity contribution in [1.29, 1.82) is 0 Å². The van der Waals surface area contributed by atoms with Gasteiger partial charge in [-0.15, -0.1) is 0 Å². The summed E-state index contributed by atoms with van der Waals surface area (Å²) in [4.78, 5) is 0. The van der Waals surface area contributed by atoms with Gasteiger partial charge in [0.15, 0.2) is 0 Å². The van der Waals surface area contributed by atoms with Crippen LogP contribution in [0.1, 0.15) is 12.8 Å². The smallest absolute Gasteiger partial charge is 0.215 e. The highest BCUT2D eigenvalue weighted by molar-refractivity contribution is 7.90. The molecule has 1 aliphatic heterocycles. The third kappa shape index (κ3) is 4.74. The van der Waals surface area contributed by atoms with Gasteiger partial charge in [-0.1, -0.05) is 0 Å². The summed E-state index contributed by atoms with van der Waals surface area (Å²) in [6.07, 6.45) is 1.40. The number of sulfonamides is 2. The maximum Gasteiger partial charge on any atom is 0.215 e. The Labute approximate surface area is 95.9 Å². The van der Waals surface area contributed by atoms with Crippen molar-refractivity contribution >= 4 is 20.0 Å². The molecule has 4 N–H and O–H groups in total. The van der Waals surface area contributed by atoms with Crippen LogP contribution < -0.4 is 15.2 Å². The third-order valence-corrected chi connectivity index (χ3v) is 5.04. The first-order chi connectivity index (χ1) is 7.31. The Bertz CT molecular complexity index is 411. The molecule has 1 fully saturated rings. The lowest BCUT2D eigenvalue weighted by molar-refractivity contribution is 0.491. The fraction of sp³-hybridized carbons (Fsp3) is 1.00. The molecule has 1 atom stereocenters. The standard InChI is InChI=1S/C7H17N3O4S2/c8-15(11,12)5-4-10-16(13,14)7-2-1-3-9-6-7/h7,9-10H,1-6H2,(H2,8,11,12). The molecule has 0 aromatic heterocycles. The molecule has 1 rings (SSSR count). The van der Waals surface area contributed by atoms with E-state index in [1.54, 1.807) is 0 Å². The minimum absolute atomic E-state index is 0.169. The molecule has 1 unspecified atom stereocenters. The Morgan fingerprint density at radius 3 is 2.50 bits per heavy atom. The van der Waals surface area contributed by atoms with E-state index < -0.39 is 25.3 Å². The summed E-state index contributed by atoms with van der Waals surface area (Å²) in [5.74, 6) is -0.383. The van der Waals surface area contributed by atoms with Gasteiger partial charge in [0, 0.05) is 13.1 Å². The minimum Gasteiger partial charge on any atom is -0.315 e. The van der Waals surface area contributed by atoms with Gasteiger partial charge < -0.3 is 5.32 Å². The van der Waals surface area contributed by atoms with E-state index in [-0.39, 0.29) is 12.3 Å². The quantitative estimate of drug-likeness (QED) is 0.531. The topological polar surface area (TPSA) is 118 Å². The van der Waals surface area contributed by atoms with Crippen LogP contribution in [0.25, 0.3) is 0 Å². The van der Waals surface area contributed by atoms with Crippen molar-refractivity contribution in [2.75, 3.05) is 25.4 Å². The van der Waals surface area contributed by atoms with Crippen molar-refractivity contribution in [3.8, 4) is 0 Å². The molecule has 0 aliphatic carbocycles. The molecule has 0 spiro atoms. The van der Waals surface area contributed by atoms with Crippen LogP contribution in [0.3, 0.4) is 0 Å². The average Bonchev–Trinajstić information content (AvgIpc) is 2.17. The maximum absolute atomic E-state index is 11.7. The van der Waals surface area contributed by atoms with Gasteiger partial charge in [0.2, 0.25) is 20.0 Å². The molecule has 0 saturated carbocycles. The lowest BCUT2D eigenvalue weighted by Gasteiger charge is -2.22. The van der Waals surface area contributed by atoms with Crippen molar-refractivity contribution in [2.24, 2.45) is 5.14 Å². The van der Waals surface area contributed by atoms with Crippen LogP contribution >= 0.6 is 0 Å². The van der Waals surface area contributed by atoms with Crippen LogP contribution in [0.5, 0.6) is 0 Å². The van der Waals surface area contributed by atoms with Crippen LogP contribution in [0.4, 0.5) is 0 Å². The number of rotatable bonds is 5. The van der Waals surface area contributed by atoms with Crippen LogP contribution in [0.2, 0.25) is 0 Å². The molecular weight excluding hydrogens is 254 g/mol. The number of nitrogens with two attached hydrogens (primary N) is 1. The molecule has 0 bridgehead atoms. The highest BCUT2D eigenvalue weighted by Crippen LogP contribution is 2.09. The fourth-order valence-corrected chi connectivity index (χ4v) is 3.48. The summed E-state index contributed by atoms with van der Waals surface area (Å²) >= 11 is 0. The molecular formula is C7H17N3O4S2. The molecule has 0 aromatic rings. The second-order valence-corrected chi connectivity index (χ2v) is 7.55. The molecule has 9 heteroatoms. The predicted octanol–water partition coefficient (Wildman–Crippen LogP) is -2.05. The highest BCUT2D eigenvalue weighted by Gasteiger charge is 2.26. The zero-order valence-electron chi connectivity index (χ0n) is 8.85. The van der Waals surface area contributed by atoms with E-state index in [0.29, 0.717) is 13.0 Å². The van der Waals surface area contributed by atoms with E-state index in [0.717, 1.165) is 13.0 Å². The van der Waals surface area contributed by atoms with Crippen molar-refractivity contribution in [3.05, 3.63) is 0 Å². The van der Waals surface area contributed by atoms with Crippen molar-refractivity contribution in [2.45, 2.75) is 18.1 Å². The Morgan fingerprint density at radius 1 is 1.31 bits per heavy atom. The number of nitrogens with one attached hydrogen (secondary N) is 2. The maximum atomic E-state index is 11.7. The number of primary sulfonamides is 1.